The molecular weight excluding hydrogens is 260 g/mol. The van der Waals surface area contributed by atoms with Gasteiger partial charge in [-0.2, -0.15) is 0 Å². The fourth-order valence-electron chi connectivity index (χ4n) is 3.34. The second kappa shape index (κ2) is 6.12. The lowest BCUT2D eigenvalue weighted by atomic mass is 9.86. The van der Waals surface area contributed by atoms with Crippen LogP contribution in [-0.4, -0.2) is 38.2 Å². The average molecular weight is 283 g/mol. The molecule has 2 aliphatic heterocycles. The lowest BCUT2D eigenvalue weighted by Gasteiger charge is -2.22. The average Bonchev–Trinajstić information content (AvgIpc) is 3.01. The standard InChI is InChI=1S/C15H22N2O.ClH/c1-18-14-4-2-3-13(9-14)10-17-8-6-15(12-17)5-7-16-11-15;/h2-4,9,16H,5-8,10-12H2,1H3;1H. The van der Waals surface area contributed by atoms with Gasteiger partial charge in [-0.15, -0.1) is 12.4 Å². The van der Waals surface area contributed by atoms with Crippen LogP contribution in [0.1, 0.15) is 18.4 Å². The summed E-state index contributed by atoms with van der Waals surface area (Å²) in [6.07, 6.45) is 2.70. The van der Waals surface area contributed by atoms with E-state index in [0.717, 1.165) is 12.3 Å². The molecule has 1 aromatic carbocycles. The van der Waals surface area contributed by atoms with Gasteiger partial charge in [-0.1, -0.05) is 12.1 Å². The van der Waals surface area contributed by atoms with Gasteiger partial charge in [-0.25, -0.2) is 0 Å². The summed E-state index contributed by atoms with van der Waals surface area (Å²) in [5.74, 6) is 0.962. The van der Waals surface area contributed by atoms with E-state index in [1.807, 2.05) is 6.07 Å². The number of nitrogens with zero attached hydrogens (tertiary/aromatic N) is 1. The lowest BCUT2D eigenvalue weighted by Crippen LogP contribution is -2.28. The predicted molar refractivity (Wildman–Crippen MR) is 80.1 cm³/mol. The van der Waals surface area contributed by atoms with E-state index < -0.39 is 0 Å². The summed E-state index contributed by atoms with van der Waals surface area (Å²) < 4.78 is 5.28. The summed E-state index contributed by atoms with van der Waals surface area (Å²) in [5, 5.41) is 3.51. The number of benzene rings is 1. The number of hydrogen-bond acceptors (Lipinski definition) is 3. The Kier molecular flexibility index (Phi) is 4.71. The van der Waals surface area contributed by atoms with Gasteiger partial charge in [0.05, 0.1) is 7.11 Å². The Hall–Kier alpha value is -0.770. The van der Waals surface area contributed by atoms with Crippen molar-refractivity contribution in [1.29, 1.82) is 0 Å². The molecule has 1 spiro atoms. The Morgan fingerprint density at radius 1 is 1.37 bits per heavy atom. The molecule has 0 radical (unpaired) electrons. The van der Waals surface area contributed by atoms with Crippen molar-refractivity contribution in [3.05, 3.63) is 29.8 Å². The van der Waals surface area contributed by atoms with E-state index in [-0.39, 0.29) is 12.4 Å². The minimum Gasteiger partial charge on any atom is -0.497 e. The predicted octanol–water partition coefficient (Wildman–Crippen LogP) is 2.30. The molecule has 1 unspecified atom stereocenters. The van der Waals surface area contributed by atoms with Crippen LogP contribution in [-0.2, 0) is 6.54 Å². The first kappa shape index (κ1) is 14.6. The van der Waals surface area contributed by atoms with Crippen LogP contribution in [0.15, 0.2) is 24.3 Å². The summed E-state index contributed by atoms with van der Waals surface area (Å²) in [6.45, 7) is 5.95. The van der Waals surface area contributed by atoms with Gasteiger partial charge in [0.15, 0.2) is 0 Å². The molecule has 1 atom stereocenters. The molecule has 0 aromatic heterocycles. The van der Waals surface area contributed by atoms with Crippen molar-refractivity contribution in [2.24, 2.45) is 5.41 Å². The summed E-state index contributed by atoms with van der Waals surface area (Å²) in [7, 11) is 1.73. The van der Waals surface area contributed by atoms with Crippen LogP contribution in [0, 0.1) is 5.41 Å². The molecule has 3 rings (SSSR count). The van der Waals surface area contributed by atoms with Gasteiger partial charge in [0.1, 0.15) is 5.75 Å². The van der Waals surface area contributed by atoms with E-state index >= 15 is 0 Å². The quantitative estimate of drug-likeness (QED) is 0.921. The van der Waals surface area contributed by atoms with E-state index in [2.05, 4.69) is 28.4 Å². The normalized spacial score (nSPS) is 26.6. The van der Waals surface area contributed by atoms with Gasteiger partial charge in [0, 0.05) is 19.6 Å². The number of ether oxygens (including phenoxy) is 1. The van der Waals surface area contributed by atoms with Gasteiger partial charge in [-0.3, -0.25) is 4.90 Å². The Morgan fingerprint density at radius 2 is 2.26 bits per heavy atom. The van der Waals surface area contributed by atoms with Crippen LogP contribution in [0.5, 0.6) is 5.75 Å². The van der Waals surface area contributed by atoms with Crippen molar-refractivity contribution < 1.29 is 4.74 Å². The van der Waals surface area contributed by atoms with Crippen molar-refractivity contribution in [2.75, 3.05) is 33.3 Å². The molecule has 0 bridgehead atoms. The zero-order chi connectivity index (χ0) is 12.4. The fourth-order valence-corrected chi connectivity index (χ4v) is 3.34. The van der Waals surface area contributed by atoms with E-state index in [4.69, 9.17) is 4.74 Å². The molecule has 0 saturated carbocycles. The fraction of sp³-hybridized carbons (Fsp3) is 0.600. The van der Waals surface area contributed by atoms with E-state index in [0.29, 0.717) is 5.41 Å². The number of halogens is 1. The molecule has 2 aliphatic rings. The number of hydrogen-bond donors (Lipinski definition) is 1. The molecule has 1 N–H and O–H groups in total. The van der Waals surface area contributed by atoms with Crippen LogP contribution in [0.4, 0.5) is 0 Å². The number of methoxy groups -OCH3 is 1. The Bertz CT molecular complexity index is 418. The van der Waals surface area contributed by atoms with Crippen molar-refractivity contribution >= 4 is 12.4 Å². The molecule has 2 fully saturated rings. The minimum absolute atomic E-state index is 0. The third-order valence-electron chi connectivity index (χ3n) is 4.39. The van der Waals surface area contributed by atoms with Crippen LogP contribution in [0.2, 0.25) is 0 Å². The minimum atomic E-state index is 0. The third-order valence-corrected chi connectivity index (χ3v) is 4.39. The lowest BCUT2D eigenvalue weighted by molar-refractivity contribution is 0.268. The first-order valence-corrected chi connectivity index (χ1v) is 6.86. The Balaban J connectivity index is 0.00000133. The monoisotopic (exact) mass is 282 g/mol. The molecular formula is C15H23ClN2O. The van der Waals surface area contributed by atoms with Crippen LogP contribution < -0.4 is 10.1 Å². The van der Waals surface area contributed by atoms with Gasteiger partial charge in [0.2, 0.25) is 0 Å². The number of likely N-dealkylation sites (tertiary alicyclic amines) is 1. The summed E-state index contributed by atoms with van der Waals surface area (Å²) in [4.78, 5) is 2.59. The van der Waals surface area contributed by atoms with E-state index in [1.54, 1.807) is 7.11 Å². The SMILES string of the molecule is COc1cccc(CN2CCC3(CCNC3)C2)c1.Cl. The van der Waals surface area contributed by atoms with Crippen LogP contribution in [0.25, 0.3) is 0 Å². The molecule has 3 nitrogen and oxygen atoms in total. The summed E-state index contributed by atoms with van der Waals surface area (Å²) >= 11 is 0. The first-order valence-electron chi connectivity index (χ1n) is 6.86. The number of nitrogens with one attached hydrogen (secondary N) is 1. The van der Waals surface area contributed by atoms with Crippen molar-refractivity contribution in [3.8, 4) is 5.75 Å². The Labute approximate surface area is 121 Å². The second-order valence-electron chi connectivity index (χ2n) is 5.74. The smallest absolute Gasteiger partial charge is 0.119 e. The molecule has 2 saturated heterocycles. The molecule has 0 amide bonds. The molecule has 19 heavy (non-hydrogen) atoms. The second-order valence-corrected chi connectivity index (χ2v) is 5.74. The van der Waals surface area contributed by atoms with Gasteiger partial charge in [0.25, 0.3) is 0 Å². The van der Waals surface area contributed by atoms with Gasteiger partial charge >= 0.3 is 0 Å². The Morgan fingerprint density at radius 3 is 3.00 bits per heavy atom. The highest BCUT2D eigenvalue weighted by Crippen LogP contribution is 2.36. The molecule has 0 aliphatic carbocycles. The zero-order valence-corrected chi connectivity index (χ0v) is 12.3. The van der Waals surface area contributed by atoms with Gasteiger partial charge < -0.3 is 10.1 Å². The highest BCUT2D eigenvalue weighted by atomic mass is 35.5. The first-order chi connectivity index (χ1) is 8.80. The largest absolute Gasteiger partial charge is 0.497 e. The molecule has 1 aromatic rings. The van der Waals surface area contributed by atoms with Crippen molar-refractivity contribution in [3.63, 3.8) is 0 Å². The van der Waals surface area contributed by atoms with Gasteiger partial charge in [-0.05, 0) is 49.0 Å². The highest BCUT2D eigenvalue weighted by molar-refractivity contribution is 5.85. The summed E-state index contributed by atoms with van der Waals surface area (Å²) in [6, 6.07) is 8.44. The van der Waals surface area contributed by atoms with Crippen LogP contribution >= 0.6 is 12.4 Å². The third kappa shape index (κ3) is 3.22. The maximum absolute atomic E-state index is 5.28. The maximum Gasteiger partial charge on any atom is 0.119 e. The van der Waals surface area contributed by atoms with E-state index in [9.17, 15) is 0 Å². The number of rotatable bonds is 3. The molecule has 4 heteroatoms. The van der Waals surface area contributed by atoms with Crippen molar-refractivity contribution in [2.45, 2.75) is 19.4 Å². The molecule has 2 heterocycles. The summed E-state index contributed by atoms with van der Waals surface area (Å²) in [5.41, 5.74) is 1.93. The maximum atomic E-state index is 5.28. The zero-order valence-electron chi connectivity index (χ0n) is 11.5. The highest BCUT2D eigenvalue weighted by Gasteiger charge is 2.39. The molecule has 106 valence electrons. The van der Waals surface area contributed by atoms with Crippen molar-refractivity contribution in [1.82, 2.24) is 10.2 Å². The van der Waals surface area contributed by atoms with E-state index in [1.165, 1.54) is 44.6 Å². The topological polar surface area (TPSA) is 24.5 Å². The van der Waals surface area contributed by atoms with Crippen LogP contribution in [0.3, 0.4) is 0 Å².